The maximum atomic E-state index is 12.4. The van der Waals surface area contributed by atoms with Crippen molar-refractivity contribution in [2.75, 3.05) is 16.9 Å². The Morgan fingerprint density at radius 1 is 0.919 bits per heavy atom. The average Bonchev–Trinajstić information content (AvgIpc) is 2.94. The van der Waals surface area contributed by atoms with Crippen LogP contribution in [0.5, 0.6) is 0 Å². The van der Waals surface area contributed by atoms with Crippen molar-refractivity contribution in [2.45, 2.75) is 71.1 Å². The summed E-state index contributed by atoms with van der Waals surface area (Å²) in [5.74, 6) is -0.723. The zero-order valence-electron chi connectivity index (χ0n) is 22.0. The standard InChI is InChI=1S/C32H39N3O2/c1-2-3-4-5-6-7-8-9-10-16-24-35-25-23-27(30-19-14-15-20-31(30)35)21-22-28(26-33)32(36)37-34-29-17-12-11-13-18-29/h11-15,17-23,25,34H,2-10,16,24H2,1H3/b27-21-,28-22-. The lowest BCUT2D eigenvalue weighted by Gasteiger charge is -2.27. The summed E-state index contributed by atoms with van der Waals surface area (Å²) in [5.41, 5.74) is 6.32. The zero-order chi connectivity index (χ0) is 26.1. The van der Waals surface area contributed by atoms with E-state index in [2.05, 4.69) is 35.6 Å². The van der Waals surface area contributed by atoms with Crippen molar-refractivity contribution in [1.82, 2.24) is 0 Å². The molecule has 0 unspecified atom stereocenters. The van der Waals surface area contributed by atoms with Gasteiger partial charge in [-0.15, -0.1) is 0 Å². The Morgan fingerprint density at radius 2 is 1.57 bits per heavy atom. The molecule has 1 heterocycles. The number of para-hydroxylation sites is 2. The van der Waals surface area contributed by atoms with Crippen molar-refractivity contribution in [3.05, 3.63) is 90.2 Å². The van der Waals surface area contributed by atoms with Gasteiger partial charge in [-0.1, -0.05) is 107 Å². The summed E-state index contributed by atoms with van der Waals surface area (Å²) in [6.45, 7) is 3.24. The van der Waals surface area contributed by atoms with Crippen molar-refractivity contribution in [3.8, 4) is 6.07 Å². The number of hydrogen-bond donors (Lipinski definition) is 1. The highest BCUT2D eigenvalue weighted by molar-refractivity contribution is 5.94. The molecule has 5 nitrogen and oxygen atoms in total. The summed E-state index contributed by atoms with van der Waals surface area (Å²) >= 11 is 0. The number of nitriles is 1. The van der Waals surface area contributed by atoms with Gasteiger partial charge in [0.1, 0.15) is 11.6 Å². The van der Waals surface area contributed by atoms with Gasteiger partial charge in [0, 0.05) is 24.0 Å². The first kappa shape index (κ1) is 27.8. The molecule has 0 aromatic heterocycles. The fraction of sp³-hybridized carbons (Fsp3) is 0.375. The molecule has 1 aliphatic rings. The van der Waals surface area contributed by atoms with Crippen LogP contribution in [0, 0.1) is 11.3 Å². The number of benzene rings is 2. The van der Waals surface area contributed by atoms with Crippen LogP contribution < -0.4 is 10.4 Å². The summed E-state index contributed by atoms with van der Waals surface area (Å²) < 4.78 is 0. The molecule has 0 saturated heterocycles. The highest BCUT2D eigenvalue weighted by atomic mass is 16.7. The van der Waals surface area contributed by atoms with Crippen LogP contribution in [0.3, 0.4) is 0 Å². The minimum absolute atomic E-state index is 0.0744. The topological polar surface area (TPSA) is 65.4 Å². The Bertz CT molecular complexity index is 1110. The van der Waals surface area contributed by atoms with E-state index in [1.165, 1.54) is 63.9 Å². The fourth-order valence-electron chi connectivity index (χ4n) is 4.41. The van der Waals surface area contributed by atoms with Gasteiger partial charge < -0.3 is 9.74 Å². The third-order valence-corrected chi connectivity index (χ3v) is 6.52. The number of unbranched alkanes of at least 4 members (excludes halogenated alkanes) is 9. The number of allylic oxidation sites excluding steroid dienone is 4. The number of rotatable bonds is 15. The van der Waals surface area contributed by atoms with E-state index in [4.69, 9.17) is 4.84 Å². The van der Waals surface area contributed by atoms with Crippen LogP contribution in [0.4, 0.5) is 11.4 Å². The molecule has 0 spiro atoms. The maximum Gasteiger partial charge on any atom is 0.373 e. The molecule has 5 heteroatoms. The van der Waals surface area contributed by atoms with Crippen LogP contribution in [0.1, 0.15) is 76.7 Å². The quantitative estimate of drug-likeness (QED) is 0.116. The summed E-state index contributed by atoms with van der Waals surface area (Å²) in [5, 5.41) is 9.48. The summed E-state index contributed by atoms with van der Waals surface area (Å²) in [6, 6.07) is 19.3. The van der Waals surface area contributed by atoms with Gasteiger partial charge in [0.05, 0.1) is 5.69 Å². The van der Waals surface area contributed by atoms with E-state index >= 15 is 0 Å². The van der Waals surface area contributed by atoms with Gasteiger partial charge in [-0.3, -0.25) is 0 Å². The second-order valence-electron chi connectivity index (χ2n) is 9.38. The molecule has 2 aromatic carbocycles. The van der Waals surface area contributed by atoms with E-state index in [0.29, 0.717) is 5.69 Å². The lowest BCUT2D eigenvalue weighted by atomic mass is 9.98. The molecule has 0 saturated carbocycles. The Kier molecular flexibility index (Phi) is 12.1. The Morgan fingerprint density at radius 3 is 2.27 bits per heavy atom. The van der Waals surface area contributed by atoms with Gasteiger partial charge in [0.25, 0.3) is 0 Å². The highest BCUT2D eigenvalue weighted by Crippen LogP contribution is 2.33. The van der Waals surface area contributed by atoms with Crippen LogP contribution in [-0.2, 0) is 9.63 Å². The summed E-state index contributed by atoms with van der Waals surface area (Å²) in [4.78, 5) is 19.7. The maximum absolute atomic E-state index is 12.4. The second kappa shape index (κ2) is 16.1. The molecule has 0 atom stereocenters. The lowest BCUT2D eigenvalue weighted by Crippen LogP contribution is -2.21. The minimum Gasteiger partial charge on any atom is -0.347 e. The molecule has 0 amide bonds. The molecule has 194 valence electrons. The predicted octanol–water partition coefficient (Wildman–Crippen LogP) is 8.34. The molecular formula is C32H39N3O2. The van der Waals surface area contributed by atoms with Gasteiger partial charge in [-0.05, 0) is 42.3 Å². The number of carbonyl (C=O) groups excluding carboxylic acids is 1. The number of fused-ring (bicyclic) bond motifs is 1. The smallest absolute Gasteiger partial charge is 0.347 e. The van der Waals surface area contributed by atoms with Crippen LogP contribution >= 0.6 is 0 Å². The van der Waals surface area contributed by atoms with E-state index in [0.717, 1.165) is 29.8 Å². The first-order chi connectivity index (χ1) is 18.2. The van der Waals surface area contributed by atoms with Crippen molar-refractivity contribution in [2.24, 2.45) is 0 Å². The number of nitrogens with zero attached hydrogens (tertiary/aromatic N) is 2. The summed E-state index contributed by atoms with van der Waals surface area (Å²) in [7, 11) is 0. The molecule has 3 rings (SSSR count). The van der Waals surface area contributed by atoms with Crippen molar-refractivity contribution in [1.29, 1.82) is 5.26 Å². The SMILES string of the molecule is CCCCCCCCCCCCN1C=C/C(=C/C=C(/C#N)C(=O)ONc2ccccc2)c2ccccc21. The molecule has 37 heavy (non-hydrogen) atoms. The second-order valence-corrected chi connectivity index (χ2v) is 9.38. The monoisotopic (exact) mass is 497 g/mol. The zero-order valence-corrected chi connectivity index (χ0v) is 22.0. The van der Waals surface area contributed by atoms with E-state index in [1.807, 2.05) is 42.5 Å². The van der Waals surface area contributed by atoms with E-state index < -0.39 is 5.97 Å². The normalized spacial score (nSPS) is 13.8. The van der Waals surface area contributed by atoms with Crippen LogP contribution in [-0.4, -0.2) is 12.5 Å². The number of anilines is 2. The van der Waals surface area contributed by atoms with Crippen LogP contribution in [0.2, 0.25) is 0 Å². The van der Waals surface area contributed by atoms with Crippen LogP contribution in [0.15, 0.2) is 84.6 Å². The fourth-order valence-corrected chi connectivity index (χ4v) is 4.41. The minimum atomic E-state index is -0.723. The lowest BCUT2D eigenvalue weighted by molar-refractivity contribution is -0.135. The van der Waals surface area contributed by atoms with Gasteiger partial charge in [0.2, 0.25) is 0 Å². The largest absolute Gasteiger partial charge is 0.373 e. The van der Waals surface area contributed by atoms with Gasteiger partial charge in [-0.25, -0.2) is 10.3 Å². The first-order valence-corrected chi connectivity index (χ1v) is 13.6. The van der Waals surface area contributed by atoms with E-state index in [9.17, 15) is 10.1 Å². The van der Waals surface area contributed by atoms with Crippen molar-refractivity contribution < 1.29 is 9.63 Å². The number of carbonyl (C=O) groups is 1. The molecule has 1 N–H and O–H groups in total. The third kappa shape index (κ3) is 9.31. The predicted molar refractivity (Wildman–Crippen MR) is 153 cm³/mol. The molecule has 0 radical (unpaired) electrons. The molecule has 0 aliphatic carbocycles. The molecular weight excluding hydrogens is 458 g/mol. The van der Waals surface area contributed by atoms with Gasteiger partial charge >= 0.3 is 5.97 Å². The number of hydrogen-bond acceptors (Lipinski definition) is 5. The molecule has 0 bridgehead atoms. The van der Waals surface area contributed by atoms with Crippen molar-refractivity contribution in [3.63, 3.8) is 0 Å². The van der Waals surface area contributed by atoms with Gasteiger partial charge in [-0.2, -0.15) is 5.26 Å². The number of nitrogens with one attached hydrogen (secondary N) is 1. The Labute approximate surface area is 222 Å². The van der Waals surface area contributed by atoms with E-state index in [-0.39, 0.29) is 5.57 Å². The Hall–Kier alpha value is -3.78. The molecule has 0 fully saturated rings. The first-order valence-electron chi connectivity index (χ1n) is 13.6. The third-order valence-electron chi connectivity index (χ3n) is 6.52. The van der Waals surface area contributed by atoms with Crippen molar-refractivity contribution >= 4 is 22.9 Å². The Balaban J connectivity index is 1.52. The average molecular weight is 498 g/mol. The highest BCUT2D eigenvalue weighted by Gasteiger charge is 2.16. The summed E-state index contributed by atoms with van der Waals surface area (Å²) in [6.07, 6.45) is 20.7. The molecule has 1 aliphatic heterocycles. The van der Waals surface area contributed by atoms with Gasteiger partial charge in [0.15, 0.2) is 0 Å². The van der Waals surface area contributed by atoms with Crippen LogP contribution in [0.25, 0.3) is 5.57 Å². The molecule has 2 aromatic rings. The van der Waals surface area contributed by atoms with E-state index in [1.54, 1.807) is 18.2 Å².